The van der Waals surface area contributed by atoms with Crippen LogP contribution < -0.4 is 10.6 Å². The number of ether oxygens (including phenoxy) is 1. The average Bonchev–Trinajstić information content (AvgIpc) is 3.06. The molecule has 1 aliphatic heterocycles. The number of aromatic nitrogens is 2. The zero-order valence-corrected chi connectivity index (χ0v) is 12.3. The minimum Gasteiger partial charge on any atom is -0.376 e. The van der Waals surface area contributed by atoms with Crippen LogP contribution >= 0.6 is 0 Å². The molecule has 6 heteroatoms. The molecular weight excluding hydrogens is 283 g/mol. The van der Waals surface area contributed by atoms with Crippen molar-refractivity contribution in [2.45, 2.75) is 25.5 Å². The maximum absolute atomic E-state index is 12.9. The monoisotopic (exact) mass is 302 g/mol. The molecule has 0 aliphatic carbocycles. The van der Waals surface area contributed by atoms with Crippen molar-refractivity contribution in [3.05, 3.63) is 48.0 Å². The van der Waals surface area contributed by atoms with Crippen molar-refractivity contribution >= 4 is 11.6 Å². The molecule has 0 spiro atoms. The Balaban J connectivity index is 1.52. The zero-order valence-electron chi connectivity index (χ0n) is 12.3. The van der Waals surface area contributed by atoms with Crippen molar-refractivity contribution in [3.63, 3.8) is 0 Å². The molecule has 1 aromatic carbocycles. The zero-order chi connectivity index (χ0) is 15.2. The molecule has 1 aromatic heterocycles. The number of hydrogen-bond acceptors (Lipinski definition) is 5. The van der Waals surface area contributed by atoms with Gasteiger partial charge in [-0.2, -0.15) is 0 Å². The Bertz CT molecular complexity index is 599. The van der Waals surface area contributed by atoms with E-state index in [-0.39, 0.29) is 11.9 Å². The van der Waals surface area contributed by atoms with Crippen LogP contribution in [0.3, 0.4) is 0 Å². The predicted molar refractivity (Wildman–Crippen MR) is 83.2 cm³/mol. The van der Waals surface area contributed by atoms with Gasteiger partial charge in [-0.15, -0.1) is 0 Å². The summed E-state index contributed by atoms with van der Waals surface area (Å²) in [5.74, 6) is 1.27. The Morgan fingerprint density at radius 3 is 2.64 bits per heavy atom. The van der Waals surface area contributed by atoms with Crippen molar-refractivity contribution < 1.29 is 9.13 Å². The van der Waals surface area contributed by atoms with Crippen LogP contribution in [0.1, 0.15) is 18.4 Å². The summed E-state index contributed by atoms with van der Waals surface area (Å²) in [6, 6.07) is 8.26. The first-order valence-electron chi connectivity index (χ1n) is 7.45. The summed E-state index contributed by atoms with van der Waals surface area (Å²) in [5.41, 5.74) is 0.994. The van der Waals surface area contributed by atoms with Gasteiger partial charge in [-0.25, -0.2) is 14.4 Å². The molecule has 5 nitrogen and oxygen atoms in total. The maximum atomic E-state index is 12.9. The van der Waals surface area contributed by atoms with Crippen LogP contribution in [0.15, 0.2) is 36.7 Å². The fraction of sp³-hybridized carbons (Fsp3) is 0.375. The van der Waals surface area contributed by atoms with Crippen LogP contribution in [-0.2, 0) is 11.3 Å². The topological polar surface area (TPSA) is 59.1 Å². The summed E-state index contributed by atoms with van der Waals surface area (Å²) >= 11 is 0. The van der Waals surface area contributed by atoms with E-state index in [1.165, 1.54) is 18.5 Å². The Morgan fingerprint density at radius 2 is 1.91 bits per heavy atom. The van der Waals surface area contributed by atoms with Crippen LogP contribution in [-0.4, -0.2) is 29.2 Å². The third-order valence-corrected chi connectivity index (χ3v) is 3.59. The molecule has 1 saturated heterocycles. The van der Waals surface area contributed by atoms with Gasteiger partial charge < -0.3 is 15.4 Å². The molecule has 22 heavy (non-hydrogen) atoms. The van der Waals surface area contributed by atoms with Gasteiger partial charge >= 0.3 is 0 Å². The summed E-state index contributed by atoms with van der Waals surface area (Å²) in [6.07, 6.45) is 4.00. The second-order valence-electron chi connectivity index (χ2n) is 5.28. The molecule has 3 rings (SSSR count). The number of hydrogen-bond donors (Lipinski definition) is 2. The van der Waals surface area contributed by atoms with Crippen LogP contribution in [0, 0.1) is 5.82 Å². The lowest BCUT2D eigenvalue weighted by atomic mass is 10.2. The van der Waals surface area contributed by atoms with E-state index < -0.39 is 0 Å². The summed E-state index contributed by atoms with van der Waals surface area (Å²) in [5, 5.41) is 6.47. The number of benzene rings is 1. The van der Waals surface area contributed by atoms with E-state index in [4.69, 9.17) is 4.74 Å². The number of nitrogens with one attached hydrogen (secondary N) is 2. The summed E-state index contributed by atoms with van der Waals surface area (Å²) < 4.78 is 18.4. The molecule has 2 heterocycles. The smallest absolute Gasteiger partial charge is 0.131 e. The summed E-state index contributed by atoms with van der Waals surface area (Å²) in [7, 11) is 0. The highest BCUT2D eigenvalue weighted by Crippen LogP contribution is 2.14. The van der Waals surface area contributed by atoms with E-state index in [0.29, 0.717) is 6.54 Å². The number of nitrogens with zero attached hydrogens (tertiary/aromatic N) is 2. The normalized spacial score (nSPS) is 17.4. The van der Waals surface area contributed by atoms with E-state index in [0.717, 1.165) is 43.2 Å². The molecular formula is C16H19FN4O. The lowest BCUT2D eigenvalue weighted by Crippen LogP contribution is -2.19. The van der Waals surface area contributed by atoms with E-state index in [9.17, 15) is 4.39 Å². The van der Waals surface area contributed by atoms with Crippen molar-refractivity contribution in [3.8, 4) is 0 Å². The molecule has 2 N–H and O–H groups in total. The van der Waals surface area contributed by atoms with Crippen molar-refractivity contribution in [2.75, 3.05) is 23.8 Å². The third-order valence-electron chi connectivity index (χ3n) is 3.59. The van der Waals surface area contributed by atoms with E-state index >= 15 is 0 Å². The fourth-order valence-corrected chi connectivity index (χ4v) is 2.37. The first-order chi connectivity index (χ1) is 10.8. The average molecular weight is 302 g/mol. The van der Waals surface area contributed by atoms with Gasteiger partial charge in [-0.1, -0.05) is 12.1 Å². The first-order valence-corrected chi connectivity index (χ1v) is 7.45. The van der Waals surface area contributed by atoms with Crippen molar-refractivity contribution in [1.82, 2.24) is 9.97 Å². The minimum absolute atomic E-state index is 0.230. The van der Waals surface area contributed by atoms with Gasteiger partial charge in [0.2, 0.25) is 0 Å². The molecule has 1 atom stereocenters. The molecule has 1 fully saturated rings. The Kier molecular flexibility index (Phi) is 4.80. The number of halogens is 1. The van der Waals surface area contributed by atoms with Gasteiger partial charge in [0.05, 0.1) is 6.10 Å². The largest absolute Gasteiger partial charge is 0.376 e. The highest BCUT2D eigenvalue weighted by atomic mass is 19.1. The highest BCUT2D eigenvalue weighted by molar-refractivity contribution is 5.46. The van der Waals surface area contributed by atoms with Gasteiger partial charge in [-0.3, -0.25) is 0 Å². The summed E-state index contributed by atoms with van der Waals surface area (Å²) in [4.78, 5) is 8.38. The molecule has 1 unspecified atom stereocenters. The van der Waals surface area contributed by atoms with Gasteiger partial charge in [0.15, 0.2) is 0 Å². The van der Waals surface area contributed by atoms with Gasteiger partial charge in [-0.05, 0) is 30.5 Å². The summed E-state index contributed by atoms with van der Waals surface area (Å²) in [6.45, 7) is 2.19. The quantitative estimate of drug-likeness (QED) is 0.859. The SMILES string of the molecule is Fc1ccc(CNc2cc(NCC3CCCO3)ncn2)cc1. The Labute approximate surface area is 128 Å². The molecule has 0 radical (unpaired) electrons. The number of rotatable bonds is 6. The molecule has 2 aromatic rings. The van der Waals surface area contributed by atoms with Crippen molar-refractivity contribution in [2.24, 2.45) is 0 Å². The second-order valence-corrected chi connectivity index (χ2v) is 5.28. The fourth-order valence-electron chi connectivity index (χ4n) is 2.37. The third kappa shape index (κ3) is 4.14. The van der Waals surface area contributed by atoms with Crippen LogP contribution in [0.2, 0.25) is 0 Å². The molecule has 0 saturated carbocycles. The molecule has 0 bridgehead atoms. The first kappa shape index (κ1) is 14.7. The van der Waals surface area contributed by atoms with E-state index in [1.807, 2.05) is 6.07 Å². The van der Waals surface area contributed by atoms with Gasteiger partial charge in [0.1, 0.15) is 23.8 Å². The maximum Gasteiger partial charge on any atom is 0.131 e. The molecule has 116 valence electrons. The second kappa shape index (κ2) is 7.17. The molecule has 0 amide bonds. The van der Waals surface area contributed by atoms with Crippen LogP contribution in [0.5, 0.6) is 0 Å². The minimum atomic E-state index is -0.230. The standard InChI is InChI=1S/C16H19FN4O/c17-13-5-3-12(4-6-13)9-18-15-8-16(21-11-20-15)19-10-14-2-1-7-22-14/h3-6,8,11,14H,1-2,7,9-10H2,(H2,18,19,20,21). The van der Waals surface area contributed by atoms with E-state index in [2.05, 4.69) is 20.6 Å². The van der Waals surface area contributed by atoms with Gasteiger partial charge in [0.25, 0.3) is 0 Å². The number of anilines is 2. The van der Waals surface area contributed by atoms with Gasteiger partial charge in [0, 0.05) is 25.8 Å². The Morgan fingerprint density at radius 1 is 1.14 bits per heavy atom. The highest BCUT2D eigenvalue weighted by Gasteiger charge is 2.15. The lowest BCUT2D eigenvalue weighted by Gasteiger charge is -2.12. The van der Waals surface area contributed by atoms with E-state index in [1.54, 1.807) is 12.1 Å². The van der Waals surface area contributed by atoms with Crippen molar-refractivity contribution in [1.29, 1.82) is 0 Å². The van der Waals surface area contributed by atoms with Crippen LogP contribution in [0.4, 0.5) is 16.0 Å². The molecule has 1 aliphatic rings. The Hall–Kier alpha value is -2.21. The lowest BCUT2D eigenvalue weighted by molar-refractivity contribution is 0.120. The van der Waals surface area contributed by atoms with Crippen LogP contribution in [0.25, 0.3) is 0 Å². The predicted octanol–water partition coefficient (Wildman–Crippen LogP) is 2.82.